The van der Waals surface area contributed by atoms with Gasteiger partial charge in [-0.1, -0.05) is 41.9 Å². The minimum Gasteiger partial charge on any atom is -0.497 e. The number of thiophene rings is 1. The van der Waals surface area contributed by atoms with E-state index in [9.17, 15) is 14.4 Å². The standard InChI is InChI=1S/C24H22ClN3O4S/c1-32-18-8-6-16(7-9-18)14-26-21(29)10-12-27-23(30)22-20(11-13-33-22)28(24(27)31)15-17-4-2-3-5-19(17)25/h2-9,11,13H,10,12,14-15H2,1H3,(H,26,29). The zero-order chi connectivity index (χ0) is 23.4. The number of methoxy groups -OCH3 is 1. The molecule has 0 unspecified atom stereocenters. The summed E-state index contributed by atoms with van der Waals surface area (Å²) >= 11 is 7.56. The number of hydrogen-bond acceptors (Lipinski definition) is 5. The molecule has 4 aromatic rings. The molecule has 0 aliphatic carbocycles. The first kappa shape index (κ1) is 22.8. The molecule has 0 radical (unpaired) electrons. The highest BCUT2D eigenvalue weighted by Gasteiger charge is 2.16. The summed E-state index contributed by atoms with van der Waals surface area (Å²) in [5.41, 5.74) is 1.41. The third-order valence-electron chi connectivity index (χ3n) is 5.33. The Morgan fingerprint density at radius 1 is 1.06 bits per heavy atom. The van der Waals surface area contributed by atoms with Crippen LogP contribution in [0.2, 0.25) is 5.02 Å². The Kier molecular flexibility index (Phi) is 6.96. The lowest BCUT2D eigenvalue weighted by atomic mass is 10.2. The van der Waals surface area contributed by atoms with Crippen molar-refractivity contribution in [3.8, 4) is 5.75 Å². The molecule has 9 heteroatoms. The number of aromatic nitrogens is 2. The van der Waals surface area contributed by atoms with Crippen LogP contribution in [0.25, 0.3) is 10.2 Å². The van der Waals surface area contributed by atoms with Gasteiger partial charge in [0.1, 0.15) is 10.4 Å². The van der Waals surface area contributed by atoms with Crippen LogP contribution in [-0.4, -0.2) is 22.2 Å². The molecule has 4 rings (SSSR count). The lowest BCUT2D eigenvalue weighted by molar-refractivity contribution is -0.121. The van der Waals surface area contributed by atoms with E-state index in [1.54, 1.807) is 24.6 Å². The largest absolute Gasteiger partial charge is 0.497 e. The molecule has 0 saturated carbocycles. The second-order valence-corrected chi connectivity index (χ2v) is 8.75. The first-order valence-electron chi connectivity index (χ1n) is 10.3. The number of hydrogen-bond donors (Lipinski definition) is 1. The molecule has 0 aliphatic rings. The van der Waals surface area contributed by atoms with Crippen LogP contribution in [0.5, 0.6) is 5.75 Å². The maximum atomic E-state index is 13.2. The lowest BCUT2D eigenvalue weighted by Gasteiger charge is -2.13. The predicted octanol–water partition coefficient (Wildman–Crippen LogP) is 3.64. The molecule has 7 nitrogen and oxygen atoms in total. The van der Waals surface area contributed by atoms with Crippen molar-refractivity contribution in [3.63, 3.8) is 0 Å². The van der Waals surface area contributed by atoms with E-state index in [2.05, 4.69) is 5.32 Å². The average molecular weight is 484 g/mol. The van der Waals surface area contributed by atoms with Gasteiger partial charge >= 0.3 is 5.69 Å². The van der Waals surface area contributed by atoms with E-state index in [1.807, 2.05) is 42.5 Å². The summed E-state index contributed by atoms with van der Waals surface area (Å²) in [5.74, 6) is 0.488. The van der Waals surface area contributed by atoms with Crippen molar-refractivity contribution in [1.29, 1.82) is 0 Å². The third-order valence-corrected chi connectivity index (χ3v) is 6.59. The number of amides is 1. The number of carbonyl (C=O) groups is 1. The molecule has 170 valence electrons. The number of carbonyl (C=O) groups excluding carboxylic acids is 1. The van der Waals surface area contributed by atoms with Crippen molar-refractivity contribution < 1.29 is 9.53 Å². The maximum Gasteiger partial charge on any atom is 0.331 e. The molecule has 33 heavy (non-hydrogen) atoms. The van der Waals surface area contributed by atoms with E-state index in [-0.39, 0.29) is 31.0 Å². The topological polar surface area (TPSA) is 82.3 Å². The third kappa shape index (κ3) is 5.02. The Morgan fingerprint density at radius 3 is 2.55 bits per heavy atom. The zero-order valence-corrected chi connectivity index (χ0v) is 19.5. The van der Waals surface area contributed by atoms with Crippen LogP contribution in [0.1, 0.15) is 17.5 Å². The summed E-state index contributed by atoms with van der Waals surface area (Å²) in [4.78, 5) is 38.5. The van der Waals surface area contributed by atoms with Gasteiger partial charge in [0.2, 0.25) is 5.91 Å². The van der Waals surface area contributed by atoms with Crippen LogP contribution in [0.3, 0.4) is 0 Å². The summed E-state index contributed by atoms with van der Waals surface area (Å²) in [7, 11) is 1.59. The van der Waals surface area contributed by atoms with E-state index < -0.39 is 5.69 Å². The van der Waals surface area contributed by atoms with Gasteiger partial charge in [-0.2, -0.15) is 0 Å². The monoisotopic (exact) mass is 483 g/mol. The molecule has 0 bridgehead atoms. The van der Waals surface area contributed by atoms with Crippen molar-refractivity contribution >= 4 is 39.1 Å². The molecule has 1 N–H and O–H groups in total. The number of nitrogens with one attached hydrogen (secondary N) is 1. The van der Waals surface area contributed by atoms with E-state index in [1.165, 1.54) is 15.9 Å². The molecular formula is C24H22ClN3O4S. The summed E-state index contributed by atoms with van der Waals surface area (Å²) in [6.07, 6.45) is 0.00821. The predicted molar refractivity (Wildman–Crippen MR) is 130 cm³/mol. The van der Waals surface area contributed by atoms with E-state index in [0.29, 0.717) is 21.8 Å². The second-order valence-electron chi connectivity index (χ2n) is 7.43. The Morgan fingerprint density at radius 2 is 1.82 bits per heavy atom. The van der Waals surface area contributed by atoms with Gasteiger partial charge < -0.3 is 10.1 Å². The molecule has 0 fully saturated rings. The van der Waals surface area contributed by atoms with Gasteiger partial charge in [0.15, 0.2) is 0 Å². The zero-order valence-electron chi connectivity index (χ0n) is 17.9. The van der Waals surface area contributed by atoms with E-state index in [0.717, 1.165) is 21.4 Å². The fraction of sp³-hybridized carbons (Fsp3) is 0.208. The number of fused-ring (bicyclic) bond motifs is 1. The quantitative estimate of drug-likeness (QED) is 0.415. The summed E-state index contributed by atoms with van der Waals surface area (Å²) in [5, 5.41) is 5.14. The van der Waals surface area contributed by atoms with Gasteiger partial charge in [0.25, 0.3) is 5.56 Å². The minimum absolute atomic E-state index is 0.00821. The molecule has 2 heterocycles. The Bertz CT molecular complexity index is 1410. The maximum absolute atomic E-state index is 13.2. The minimum atomic E-state index is -0.464. The molecule has 0 atom stereocenters. The van der Waals surface area contributed by atoms with Crippen LogP contribution in [0.4, 0.5) is 0 Å². The average Bonchev–Trinajstić information content (AvgIpc) is 3.32. The van der Waals surface area contributed by atoms with Crippen molar-refractivity contribution in [3.05, 3.63) is 97.0 Å². The summed E-state index contributed by atoms with van der Waals surface area (Å²) in [6.45, 7) is 0.566. The van der Waals surface area contributed by atoms with Crippen molar-refractivity contribution in [2.45, 2.75) is 26.1 Å². The van der Waals surface area contributed by atoms with Crippen LogP contribution in [-0.2, 0) is 24.4 Å². The van der Waals surface area contributed by atoms with Crippen LogP contribution in [0.15, 0.2) is 69.6 Å². The molecular weight excluding hydrogens is 462 g/mol. The van der Waals surface area contributed by atoms with Gasteiger partial charge in [0.05, 0.1) is 19.2 Å². The highest BCUT2D eigenvalue weighted by Crippen LogP contribution is 2.20. The van der Waals surface area contributed by atoms with Gasteiger partial charge in [-0.25, -0.2) is 4.79 Å². The van der Waals surface area contributed by atoms with Crippen LogP contribution >= 0.6 is 22.9 Å². The van der Waals surface area contributed by atoms with Crippen molar-refractivity contribution in [2.75, 3.05) is 7.11 Å². The molecule has 2 aromatic carbocycles. The first-order valence-corrected chi connectivity index (χ1v) is 11.6. The van der Waals surface area contributed by atoms with Gasteiger partial charge in [0, 0.05) is 24.5 Å². The fourth-order valence-electron chi connectivity index (χ4n) is 3.53. The van der Waals surface area contributed by atoms with Gasteiger partial charge in [-0.3, -0.25) is 18.7 Å². The lowest BCUT2D eigenvalue weighted by Crippen LogP contribution is -2.40. The normalized spacial score (nSPS) is 11.0. The highest BCUT2D eigenvalue weighted by molar-refractivity contribution is 7.17. The van der Waals surface area contributed by atoms with Crippen LogP contribution in [0, 0.1) is 0 Å². The smallest absolute Gasteiger partial charge is 0.331 e. The SMILES string of the molecule is COc1ccc(CNC(=O)CCn2c(=O)c3sccc3n(Cc3ccccc3Cl)c2=O)cc1. The Labute approximate surface area is 198 Å². The number of benzene rings is 2. The molecule has 0 aliphatic heterocycles. The Hall–Kier alpha value is -3.36. The Balaban J connectivity index is 1.52. The second kappa shape index (κ2) is 10.1. The van der Waals surface area contributed by atoms with Crippen molar-refractivity contribution in [2.24, 2.45) is 0 Å². The highest BCUT2D eigenvalue weighted by atomic mass is 35.5. The molecule has 2 aromatic heterocycles. The van der Waals surface area contributed by atoms with Gasteiger partial charge in [-0.05, 0) is 40.8 Å². The number of halogens is 1. The van der Waals surface area contributed by atoms with Crippen molar-refractivity contribution in [1.82, 2.24) is 14.5 Å². The molecule has 1 amide bonds. The molecule has 0 saturated heterocycles. The van der Waals surface area contributed by atoms with E-state index >= 15 is 0 Å². The summed E-state index contributed by atoms with van der Waals surface area (Å²) in [6, 6.07) is 16.4. The fourth-order valence-corrected chi connectivity index (χ4v) is 4.56. The summed E-state index contributed by atoms with van der Waals surface area (Å²) < 4.78 is 8.26. The first-order chi connectivity index (χ1) is 16.0. The van der Waals surface area contributed by atoms with Crippen LogP contribution < -0.4 is 21.3 Å². The van der Waals surface area contributed by atoms with Gasteiger partial charge in [-0.15, -0.1) is 11.3 Å². The number of nitrogens with zero attached hydrogens (tertiary/aromatic N) is 2. The number of ether oxygens (including phenoxy) is 1. The number of rotatable bonds is 8. The van der Waals surface area contributed by atoms with E-state index in [4.69, 9.17) is 16.3 Å². The molecule has 0 spiro atoms.